The average Bonchev–Trinajstić information content (AvgIpc) is 3.00. The molecule has 2 aromatic carbocycles. The lowest BCUT2D eigenvalue weighted by Crippen LogP contribution is -2.49. The molecule has 0 spiro atoms. The van der Waals surface area contributed by atoms with Gasteiger partial charge in [0.25, 0.3) is 5.91 Å². The summed E-state index contributed by atoms with van der Waals surface area (Å²) < 4.78 is 16.4. The molecular formula is C32H44N6O6. The number of methoxy groups -OCH3 is 2. The van der Waals surface area contributed by atoms with Gasteiger partial charge in [0, 0.05) is 74.9 Å². The lowest BCUT2D eigenvalue weighted by Gasteiger charge is -2.35. The number of hydrogen-bond acceptors (Lipinski definition) is 10. The standard InChI is InChI=1S/C32H44N6O6/c1-32(2,3)44-31(41)38-17-15-37(16-18-38)20-22-7-10-24(19-28(22)43-6)36(4)14-13-26(29(33)30(34)40)27(21-39)35-23-8-11-25(42-5)12-9-23/h7-12,19,21,33,35H,13-18,20H2,1-6H3,(H2,34,40)/b27-26-,33-29?. The first kappa shape index (κ1) is 33.9. The van der Waals surface area contributed by atoms with E-state index in [0.29, 0.717) is 57.0 Å². The number of benzene rings is 2. The minimum absolute atomic E-state index is 0.0899. The van der Waals surface area contributed by atoms with Crippen LogP contribution < -0.4 is 25.4 Å². The van der Waals surface area contributed by atoms with Gasteiger partial charge in [-0.15, -0.1) is 0 Å². The highest BCUT2D eigenvalue weighted by atomic mass is 16.6. The monoisotopic (exact) mass is 608 g/mol. The van der Waals surface area contributed by atoms with Crippen molar-refractivity contribution in [2.45, 2.75) is 39.3 Å². The number of hydrogen-bond donors (Lipinski definition) is 3. The molecule has 3 rings (SSSR count). The molecule has 0 unspecified atom stereocenters. The second-order valence-corrected chi connectivity index (χ2v) is 11.5. The van der Waals surface area contributed by atoms with E-state index >= 15 is 0 Å². The van der Waals surface area contributed by atoms with Crippen LogP contribution in [0.1, 0.15) is 32.8 Å². The van der Waals surface area contributed by atoms with E-state index in [0.717, 1.165) is 17.0 Å². The largest absolute Gasteiger partial charge is 0.497 e. The molecule has 2 amide bonds. The molecule has 1 saturated heterocycles. The van der Waals surface area contributed by atoms with Crippen molar-refractivity contribution in [1.82, 2.24) is 9.80 Å². The van der Waals surface area contributed by atoms with Gasteiger partial charge in [0.2, 0.25) is 0 Å². The SMILES string of the molecule is COc1ccc(N/C(C=O)=C(/CCN(C)c2ccc(CN3CCN(C(=O)OC(C)(C)C)CC3)c(OC)c2)C(=N)C(N)=O)cc1. The van der Waals surface area contributed by atoms with E-state index in [1.54, 1.807) is 43.4 Å². The third kappa shape index (κ3) is 9.46. The van der Waals surface area contributed by atoms with Crippen molar-refractivity contribution in [3.8, 4) is 11.5 Å². The van der Waals surface area contributed by atoms with Crippen LogP contribution in [0.3, 0.4) is 0 Å². The molecule has 1 aliphatic heterocycles. The second kappa shape index (κ2) is 15.2. The molecule has 1 aliphatic rings. The molecule has 0 bridgehead atoms. The molecule has 0 saturated carbocycles. The molecule has 0 aromatic heterocycles. The number of amides is 2. The fourth-order valence-corrected chi connectivity index (χ4v) is 4.71. The molecule has 1 fully saturated rings. The van der Waals surface area contributed by atoms with Crippen molar-refractivity contribution in [2.75, 3.05) is 64.2 Å². The Hall–Kier alpha value is -4.58. The predicted molar refractivity (Wildman–Crippen MR) is 171 cm³/mol. The summed E-state index contributed by atoms with van der Waals surface area (Å²) in [6.07, 6.45) is 0.506. The van der Waals surface area contributed by atoms with E-state index < -0.39 is 17.2 Å². The second-order valence-electron chi connectivity index (χ2n) is 11.5. The fourth-order valence-electron chi connectivity index (χ4n) is 4.71. The molecule has 2 aromatic rings. The van der Waals surface area contributed by atoms with E-state index in [1.807, 2.05) is 50.9 Å². The third-order valence-corrected chi connectivity index (χ3v) is 7.19. The lowest BCUT2D eigenvalue weighted by atomic mass is 10.0. The maximum absolute atomic E-state index is 12.4. The number of piperazine rings is 1. The highest BCUT2D eigenvalue weighted by molar-refractivity contribution is 6.44. The van der Waals surface area contributed by atoms with Crippen molar-refractivity contribution in [3.63, 3.8) is 0 Å². The number of carbonyl (C=O) groups is 3. The minimum atomic E-state index is -0.920. The van der Waals surface area contributed by atoms with E-state index in [2.05, 4.69) is 10.2 Å². The summed E-state index contributed by atoms with van der Waals surface area (Å²) in [5.41, 5.74) is 7.26. The van der Waals surface area contributed by atoms with Gasteiger partial charge in [-0.1, -0.05) is 6.07 Å². The summed E-state index contributed by atoms with van der Waals surface area (Å²) in [4.78, 5) is 42.4. The van der Waals surface area contributed by atoms with Crippen molar-refractivity contribution < 1.29 is 28.6 Å². The van der Waals surface area contributed by atoms with E-state index in [4.69, 9.17) is 25.4 Å². The number of anilines is 2. The van der Waals surface area contributed by atoms with Crippen molar-refractivity contribution in [1.29, 1.82) is 5.41 Å². The molecule has 0 atom stereocenters. The van der Waals surface area contributed by atoms with Gasteiger partial charge in [0.1, 0.15) is 22.8 Å². The van der Waals surface area contributed by atoms with Gasteiger partial charge in [-0.25, -0.2) is 4.79 Å². The van der Waals surface area contributed by atoms with Gasteiger partial charge in [0.05, 0.1) is 19.9 Å². The van der Waals surface area contributed by atoms with Crippen LogP contribution in [0.25, 0.3) is 0 Å². The molecule has 0 aliphatic carbocycles. The van der Waals surface area contributed by atoms with Gasteiger partial charge in [-0.2, -0.15) is 0 Å². The Morgan fingerprint density at radius 3 is 2.25 bits per heavy atom. The van der Waals surface area contributed by atoms with Crippen molar-refractivity contribution >= 4 is 35.4 Å². The van der Waals surface area contributed by atoms with Crippen LogP contribution >= 0.6 is 0 Å². The number of carbonyl (C=O) groups excluding carboxylic acids is 3. The Kier molecular flexibility index (Phi) is 11.7. The van der Waals surface area contributed by atoms with E-state index in [9.17, 15) is 14.4 Å². The summed E-state index contributed by atoms with van der Waals surface area (Å²) in [6.45, 7) is 9.25. The Morgan fingerprint density at radius 2 is 1.70 bits per heavy atom. The zero-order valence-electron chi connectivity index (χ0n) is 26.4. The van der Waals surface area contributed by atoms with Crippen LogP contribution in [0.2, 0.25) is 0 Å². The summed E-state index contributed by atoms with van der Waals surface area (Å²) in [6, 6.07) is 12.9. The first-order valence-corrected chi connectivity index (χ1v) is 14.4. The highest BCUT2D eigenvalue weighted by Gasteiger charge is 2.26. The maximum Gasteiger partial charge on any atom is 0.410 e. The van der Waals surface area contributed by atoms with E-state index in [-0.39, 0.29) is 23.8 Å². The highest BCUT2D eigenvalue weighted by Crippen LogP contribution is 2.28. The van der Waals surface area contributed by atoms with Gasteiger partial charge in [-0.05, 0) is 57.5 Å². The predicted octanol–water partition coefficient (Wildman–Crippen LogP) is 3.65. The number of nitrogens with zero attached hydrogens (tertiary/aromatic N) is 3. The number of nitrogens with two attached hydrogens (primary N) is 1. The van der Waals surface area contributed by atoms with Crippen LogP contribution in [-0.2, 0) is 20.9 Å². The molecule has 12 heteroatoms. The lowest BCUT2D eigenvalue weighted by molar-refractivity contribution is -0.112. The smallest absolute Gasteiger partial charge is 0.410 e. The summed E-state index contributed by atoms with van der Waals surface area (Å²) in [5, 5.41) is 11.3. The average molecular weight is 609 g/mol. The Labute approximate surface area is 259 Å². The number of rotatable bonds is 13. The van der Waals surface area contributed by atoms with Crippen LogP contribution in [0.4, 0.5) is 16.2 Å². The zero-order valence-corrected chi connectivity index (χ0v) is 26.4. The van der Waals surface area contributed by atoms with E-state index in [1.165, 1.54) is 0 Å². The van der Waals surface area contributed by atoms with Crippen LogP contribution in [-0.4, -0.2) is 93.4 Å². The Balaban J connectivity index is 1.68. The molecule has 238 valence electrons. The number of allylic oxidation sites excluding steroid dienone is 1. The quantitative estimate of drug-likeness (QED) is 0.176. The molecule has 1 heterocycles. The van der Waals surface area contributed by atoms with Crippen molar-refractivity contribution in [3.05, 3.63) is 59.3 Å². The topological polar surface area (TPSA) is 151 Å². The molecule has 0 radical (unpaired) electrons. The van der Waals surface area contributed by atoms with Gasteiger partial charge < -0.3 is 35.1 Å². The molecular weight excluding hydrogens is 564 g/mol. The number of nitrogens with one attached hydrogen (secondary N) is 2. The van der Waals surface area contributed by atoms with Gasteiger partial charge >= 0.3 is 6.09 Å². The fraction of sp³-hybridized carbons (Fsp3) is 0.438. The summed E-state index contributed by atoms with van der Waals surface area (Å²) >= 11 is 0. The summed E-state index contributed by atoms with van der Waals surface area (Å²) in [7, 11) is 5.06. The zero-order chi connectivity index (χ0) is 32.4. The van der Waals surface area contributed by atoms with Crippen LogP contribution in [0.5, 0.6) is 11.5 Å². The number of ether oxygens (including phenoxy) is 3. The van der Waals surface area contributed by atoms with Gasteiger partial charge in [-0.3, -0.25) is 19.9 Å². The third-order valence-electron chi connectivity index (χ3n) is 7.19. The maximum atomic E-state index is 12.4. The molecule has 12 nitrogen and oxygen atoms in total. The first-order valence-electron chi connectivity index (χ1n) is 14.4. The van der Waals surface area contributed by atoms with Crippen molar-refractivity contribution in [2.24, 2.45) is 5.73 Å². The Bertz CT molecular complexity index is 1360. The molecule has 44 heavy (non-hydrogen) atoms. The van der Waals surface area contributed by atoms with Crippen LogP contribution in [0, 0.1) is 5.41 Å². The normalized spacial score (nSPS) is 14.3. The summed E-state index contributed by atoms with van der Waals surface area (Å²) in [5.74, 6) is 0.455. The number of primary amides is 1. The Morgan fingerprint density at radius 1 is 1.05 bits per heavy atom. The molecule has 4 N–H and O–H groups in total. The van der Waals surface area contributed by atoms with Crippen LogP contribution in [0.15, 0.2) is 53.7 Å². The first-order chi connectivity index (χ1) is 20.8. The van der Waals surface area contributed by atoms with Gasteiger partial charge in [0.15, 0.2) is 6.29 Å². The number of aldehydes is 1. The minimum Gasteiger partial charge on any atom is -0.497 e.